The second kappa shape index (κ2) is 9.31. The minimum atomic E-state index is 0.451. The Labute approximate surface area is 115 Å². The summed E-state index contributed by atoms with van der Waals surface area (Å²) < 4.78 is 16.8. The minimum absolute atomic E-state index is 0.451. The summed E-state index contributed by atoms with van der Waals surface area (Å²) in [7, 11) is 3.44. The van der Waals surface area contributed by atoms with Crippen molar-refractivity contribution in [3.8, 4) is 0 Å². The van der Waals surface area contributed by atoms with Crippen molar-refractivity contribution in [1.29, 1.82) is 0 Å². The van der Waals surface area contributed by atoms with E-state index in [2.05, 4.69) is 51.8 Å². The summed E-state index contributed by atoms with van der Waals surface area (Å²) in [6.07, 6.45) is 0. The second-order valence-electron chi connectivity index (χ2n) is 5.73. The monoisotopic (exact) mass is 271 g/mol. The number of hydrogen-bond donors (Lipinski definition) is 0. The van der Waals surface area contributed by atoms with Gasteiger partial charge in [0.2, 0.25) is 0 Å². The maximum absolute atomic E-state index is 5.63. The van der Waals surface area contributed by atoms with Gasteiger partial charge in [0.05, 0.1) is 19.8 Å². The molecule has 0 unspecified atom stereocenters. The third-order valence-electron chi connectivity index (χ3n) is 1.84. The summed E-state index contributed by atoms with van der Waals surface area (Å²) in [6, 6.07) is 0. The van der Waals surface area contributed by atoms with Crippen LogP contribution in [0.15, 0.2) is 11.3 Å². The Morgan fingerprint density at radius 2 is 1.06 bits per heavy atom. The van der Waals surface area contributed by atoms with Gasteiger partial charge < -0.3 is 14.2 Å². The van der Waals surface area contributed by atoms with Gasteiger partial charge in [-0.3, -0.25) is 0 Å². The zero-order chi connectivity index (χ0) is 14.1. The van der Waals surface area contributed by atoms with Crippen LogP contribution in [0, 0.1) is 17.8 Å². The Morgan fingerprint density at radius 1 is 0.722 bits per heavy atom. The molecule has 18 heavy (non-hydrogen) atoms. The van der Waals surface area contributed by atoms with Gasteiger partial charge in [0, 0.05) is 0 Å². The zero-order valence-electron chi connectivity index (χ0n) is 12.6. The van der Waals surface area contributed by atoms with Crippen molar-refractivity contribution in [2.75, 3.05) is 19.8 Å². The Hall–Kier alpha value is -0.643. The molecular formula is C14H27O3Si. The van der Waals surface area contributed by atoms with E-state index in [1.54, 1.807) is 0 Å². The van der Waals surface area contributed by atoms with Crippen LogP contribution in [0.4, 0.5) is 0 Å². The Bertz CT molecular complexity index is 233. The van der Waals surface area contributed by atoms with Gasteiger partial charge >= 0.3 is 5.95 Å². The molecule has 0 N–H and O–H groups in total. The van der Waals surface area contributed by atoms with E-state index in [0.29, 0.717) is 48.9 Å². The molecule has 0 saturated heterocycles. The molecule has 0 heterocycles. The highest BCUT2D eigenvalue weighted by Crippen LogP contribution is 2.12. The average molecular weight is 271 g/mol. The predicted molar refractivity (Wildman–Crippen MR) is 75.2 cm³/mol. The second-order valence-corrected chi connectivity index (χ2v) is 6.19. The minimum Gasteiger partial charge on any atom is -0.496 e. The van der Waals surface area contributed by atoms with Gasteiger partial charge in [-0.05, 0) is 17.8 Å². The van der Waals surface area contributed by atoms with Crippen molar-refractivity contribution < 1.29 is 14.2 Å². The van der Waals surface area contributed by atoms with Gasteiger partial charge in [0.15, 0.2) is 0 Å². The fraction of sp³-hybridized carbons (Fsp3) is 0.857. The molecule has 3 radical (unpaired) electrons. The fourth-order valence-electron chi connectivity index (χ4n) is 0.966. The van der Waals surface area contributed by atoms with Gasteiger partial charge in [-0.25, -0.2) is 0 Å². The van der Waals surface area contributed by atoms with Gasteiger partial charge in [-0.15, -0.1) is 0 Å². The molecule has 0 aromatic carbocycles. The average Bonchev–Trinajstić information content (AvgIpc) is 2.25. The first kappa shape index (κ1) is 17.4. The first-order valence-electron chi connectivity index (χ1n) is 6.67. The molecule has 4 heteroatoms. The summed E-state index contributed by atoms with van der Waals surface area (Å²) in [5.74, 6) is 1.82. The molecule has 0 aromatic rings. The molecule has 0 saturated carbocycles. The molecule has 0 fully saturated rings. The summed E-state index contributed by atoms with van der Waals surface area (Å²) in [6.45, 7) is 14.5. The van der Waals surface area contributed by atoms with Gasteiger partial charge in [-0.2, -0.15) is 0 Å². The molecule has 0 aliphatic carbocycles. The predicted octanol–water partition coefficient (Wildman–Crippen LogP) is 3.30. The maximum atomic E-state index is 5.63. The van der Waals surface area contributed by atoms with Crippen molar-refractivity contribution in [3.05, 3.63) is 11.3 Å². The van der Waals surface area contributed by atoms with E-state index < -0.39 is 0 Å². The standard InChI is InChI=1S/C14H27O3Si/c1-10(2)7-15-13(16-8-11(3)4)14(18)17-9-12(5)6/h10-12H,7-9H2,1-6H3. The fourth-order valence-corrected chi connectivity index (χ4v) is 1.19. The summed E-state index contributed by atoms with van der Waals surface area (Å²) >= 11 is 0. The van der Waals surface area contributed by atoms with Crippen molar-refractivity contribution >= 4 is 10.2 Å². The van der Waals surface area contributed by atoms with E-state index in [-0.39, 0.29) is 0 Å². The number of rotatable bonds is 9. The Kier molecular flexibility index (Phi) is 8.98. The van der Waals surface area contributed by atoms with E-state index >= 15 is 0 Å². The first-order valence-corrected chi connectivity index (χ1v) is 7.17. The lowest BCUT2D eigenvalue weighted by Crippen LogP contribution is -2.13. The molecule has 3 nitrogen and oxygen atoms in total. The van der Waals surface area contributed by atoms with Crippen molar-refractivity contribution in [2.45, 2.75) is 41.5 Å². The molecular weight excluding hydrogens is 244 g/mol. The molecule has 0 bridgehead atoms. The Morgan fingerprint density at radius 3 is 1.39 bits per heavy atom. The highest BCUT2D eigenvalue weighted by molar-refractivity contribution is 6.20. The lowest BCUT2D eigenvalue weighted by atomic mass is 10.2. The number of hydrogen-bond acceptors (Lipinski definition) is 3. The first-order chi connectivity index (χ1) is 8.32. The van der Waals surface area contributed by atoms with Crippen molar-refractivity contribution in [2.24, 2.45) is 17.8 Å². The molecule has 0 spiro atoms. The quantitative estimate of drug-likeness (QED) is 0.476. The molecule has 0 rings (SSSR count). The SMILES string of the molecule is CC(C)COC([Si])=C(OCC(C)C)OCC(C)C. The lowest BCUT2D eigenvalue weighted by molar-refractivity contribution is -0.000773. The van der Waals surface area contributed by atoms with Crippen LogP contribution in [-0.4, -0.2) is 30.1 Å². The van der Waals surface area contributed by atoms with Crippen LogP contribution in [0.3, 0.4) is 0 Å². The van der Waals surface area contributed by atoms with Gasteiger partial charge in [0.1, 0.15) is 15.6 Å². The smallest absolute Gasteiger partial charge is 0.312 e. The molecule has 0 aliphatic rings. The molecule has 0 atom stereocenters. The summed E-state index contributed by atoms with van der Waals surface area (Å²) in [5, 5.41) is 0.546. The highest BCUT2D eigenvalue weighted by atomic mass is 28.1. The van der Waals surface area contributed by atoms with E-state index in [9.17, 15) is 0 Å². The third-order valence-corrected chi connectivity index (χ3v) is 2.19. The van der Waals surface area contributed by atoms with Crippen LogP contribution in [0.2, 0.25) is 0 Å². The molecule has 0 aromatic heterocycles. The molecule has 0 aliphatic heterocycles. The highest BCUT2D eigenvalue weighted by Gasteiger charge is 2.10. The summed E-state index contributed by atoms with van der Waals surface area (Å²) in [5.41, 5.74) is 0. The van der Waals surface area contributed by atoms with Gasteiger partial charge in [-0.1, -0.05) is 41.5 Å². The molecule has 0 amide bonds. The number of ether oxygens (including phenoxy) is 3. The lowest BCUT2D eigenvalue weighted by Gasteiger charge is -2.18. The van der Waals surface area contributed by atoms with Crippen LogP contribution in [0.5, 0.6) is 0 Å². The normalized spacial score (nSPS) is 11.0. The van der Waals surface area contributed by atoms with E-state index in [1.807, 2.05) is 0 Å². The largest absolute Gasteiger partial charge is 0.496 e. The van der Waals surface area contributed by atoms with E-state index in [4.69, 9.17) is 14.2 Å². The zero-order valence-corrected chi connectivity index (χ0v) is 13.6. The summed E-state index contributed by atoms with van der Waals surface area (Å²) in [4.78, 5) is 0. The van der Waals surface area contributed by atoms with Crippen molar-refractivity contribution in [3.63, 3.8) is 0 Å². The topological polar surface area (TPSA) is 27.7 Å². The van der Waals surface area contributed by atoms with Crippen LogP contribution in [0.25, 0.3) is 0 Å². The van der Waals surface area contributed by atoms with Crippen LogP contribution in [-0.2, 0) is 14.2 Å². The maximum Gasteiger partial charge on any atom is 0.312 e. The third kappa shape index (κ3) is 9.39. The van der Waals surface area contributed by atoms with Crippen LogP contribution in [0.1, 0.15) is 41.5 Å². The van der Waals surface area contributed by atoms with E-state index in [1.165, 1.54) is 0 Å². The van der Waals surface area contributed by atoms with Crippen LogP contribution < -0.4 is 0 Å². The van der Waals surface area contributed by atoms with Crippen LogP contribution >= 0.6 is 0 Å². The van der Waals surface area contributed by atoms with Gasteiger partial charge in [0.25, 0.3) is 0 Å². The van der Waals surface area contributed by atoms with E-state index in [0.717, 1.165) is 0 Å². The van der Waals surface area contributed by atoms with Crippen molar-refractivity contribution in [1.82, 2.24) is 0 Å². The Balaban J connectivity index is 4.44. The molecule has 105 valence electrons.